The Morgan fingerprint density at radius 3 is 3.00 bits per heavy atom. The number of carbonyl (C=O) groups is 2. The van der Waals surface area contributed by atoms with E-state index < -0.39 is 0 Å². The van der Waals surface area contributed by atoms with Gasteiger partial charge < -0.3 is 4.74 Å². The fourth-order valence-corrected chi connectivity index (χ4v) is 3.57. The van der Waals surface area contributed by atoms with Gasteiger partial charge in [0.25, 0.3) is 0 Å². The second-order valence-corrected chi connectivity index (χ2v) is 4.77. The van der Waals surface area contributed by atoms with Gasteiger partial charge in [0.1, 0.15) is 5.78 Å². The maximum Gasteiger partial charge on any atom is 0.313 e. The largest absolute Gasteiger partial charge is 0.465 e. The Morgan fingerprint density at radius 1 is 1.36 bits per heavy atom. The normalized spacial score (nSPS) is 46.0. The van der Waals surface area contributed by atoms with Crippen molar-refractivity contribution in [3.05, 3.63) is 0 Å². The number of Topliss-reactive ketones (excluding diaryl/α,β-unsaturated/α-hetero) is 1. The summed E-state index contributed by atoms with van der Waals surface area (Å²) in [6.45, 7) is 0.562. The quantitative estimate of drug-likeness (QED) is 0.546. The van der Waals surface area contributed by atoms with E-state index in [9.17, 15) is 9.59 Å². The smallest absolute Gasteiger partial charge is 0.313 e. The number of hydrogen-bond acceptors (Lipinski definition) is 3. The molecule has 2 saturated carbocycles. The molecule has 3 heteroatoms. The number of ketones is 1. The Balaban J connectivity index is 1.96. The predicted octanol–water partition coefficient (Wildman–Crippen LogP) is 1.31. The molecule has 0 radical (unpaired) electrons. The summed E-state index contributed by atoms with van der Waals surface area (Å²) in [6.07, 6.45) is 4.34. The van der Waals surface area contributed by atoms with Gasteiger partial charge in [0, 0.05) is 12.3 Å². The van der Waals surface area contributed by atoms with Crippen LogP contribution in [-0.4, -0.2) is 18.4 Å². The zero-order chi connectivity index (χ0) is 9.76. The minimum Gasteiger partial charge on any atom is -0.465 e. The number of ether oxygens (including phenoxy) is 1. The molecular formula is C11H14O3. The molecule has 0 bridgehead atoms. The Morgan fingerprint density at radius 2 is 2.21 bits per heavy atom. The first-order chi connectivity index (χ1) is 6.75. The molecule has 3 nitrogen and oxygen atoms in total. The average molecular weight is 194 g/mol. The molecule has 1 spiro atoms. The Hall–Kier alpha value is -0.860. The summed E-state index contributed by atoms with van der Waals surface area (Å²) in [5, 5.41) is 0. The fraction of sp³-hybridized carbons (Fsp3) is 0.818. The highest BCUT2D eigenvalue weighted by Crippen LogP contribution is 2.61. The molecule has 76 valence electrons. The van der Waals surface area contributed by atoms with E-state index in [1.165, 1.54) is 0 Å². The zero-order valence-corrected chi connectivity index (χ0v) is 8.12. The summed E-state index contributed by atoms with van der Waals surface area (Å²) in [5.74, 6) is 0.663. The minimum atomic E-state index is -0.367. The maximum atomic E-state index is 11.8. The topological polar surface area (TPSA) is 43.4 Å². The van der Waals surface area contributed by atoms with Crippen LogP contribution in [0, 0.1) is 17.3 Å². The lowest BCUT2D eigenvalue weighted by Crippen LogP contribution is -2.62. The third-order valence-electron chi connectivity index (χ3n) is 4.35. The van der Waals surface area contributed by atoms with Gasteiger partial charge in [0.15, 0.2) is 0 Å². The predicted molar refractivity (Wildman–Crippen MR) is 48.5 cm³/mol. The van der Waals surface area contributed by atoms with Gasteiger partial charge in [-0.1, -0.05) is 0 Å². The van der Waals surface area contributed by atoms with Crippen molar-refractivity contribution in [2.45, 2.75) is 32.1 Å². The van der Waals surface area contributed by atoms with Crippen LogP contribution in [0.15, 0.2) is 0 Å². The zero-order valence-electron chi connectivity index (χ0n) is 8.12. The van der Waals surface area contributed by atoms with E-state index >= 15 is 0 Å². The van der Waals surface area contributed by atoms with Gasteiger partial charge in [0.05, 0.1) is 12.0 Å². The highest BCUT2D eigenvalue weighted by atomic mass is 16.5. The molecule has 0 N–H and O–H groups in total. The maximum absolute atomic E-state index is 11.8. The van der Waals surface area contributed by atoms with Gasteiger partial charge >= 0.3 is 5.97 Å². The Labute approximate surface area is 82.8 Å². The molecular weight excluding hydrogens is 180 g/mol. The summed E-state index contributed by atoms with van der Waals surface area (Å²) < 4.78 is 5.13. The van der Waals surface area contributed by atoms with E-state index in [1.54, 1.807) is 0 Å². The number of cyclic esters (lactones) is 1. The van der Waals surface area contributed by atoms with Crippen LogP contribution < -0.4 is 0 Å². The molecule has 3 atom stereocenters. The van der Waals surface area contributed by atoms with Crippen molar-refractivity contribution >= 4 is 11.8 Å². The third-order valence-corrected chi connectivity index (χ3v) is 4.35. The number of hydrogen-bond donors (Lipinski definition) is 0. The Bertz CT molecular complexity index is 310. The van der Waals surface area contributed by atoms with E-state index in [-0.39, 0.29) is 17.3 Å². The summed E-state index contributed by atoms with van der Waals surface area (Å²) in [5.41, 5.74) is -0.367. The second kappa shape index (κ2) is 2.59. The summed E-state index contributed by atoms with van der Waals surface area (Å²) in [7, 11) is 0. The lowest BCUT2D eigenvalue weighted by atomic mass is 9.46. The molecule has 0 unspecified atom stereocenters. The van der Waals surface area contributed by atoms with E-state index in [0.29, 0.717) is 24.7 Å². The molecule has 0 aromatic carbocycles. The van der Waals surface area contributed by atoms with E-state index in [0.717, 1.165) is 25.7 Å². The minimum absolute atomic E-state index is 0.00838. The van der Waals surface area contributed by atoms with Gasteiger partial charge in [0.2, 0.25) is 0 Å². The molecule has 0 amide bonds. The van der Waals surface area contributed by atoms with Crippen LogP contribution in [0.1, 0.15) is 32.1 Å². The monoisotopic (exact) mass is 194 g/mol. The molecule has 0 aromatic rings. The van der Waals surface area contributed by atoms with Crippen molar-refractivity contribution in [1.82, 2.24) is 0 Å². The van der Waals surface area contributed by atoms with Crippen LogP contribution in [0.2, 0.25) is 0 Å². The molecule has 3 aliphatic rings. The molecule has 1 aliphatic heterocycles. The van der Waals surface area contributed by atoms with Crippen LogP contribution in [0.5, 0.6) is 0 Å². The van der Waals surface area contributed by atoms with Crippen molar-refractivity contribution < 1.29 is 14.3 Å². The van der Waals surface area contributed by atoms with Crippen molar-refractivity contribution in [3.63, 3.8) is 0 Å². The molecule has 3 rings (SSSR count). The highest BCUT2D eigenvalue weighted by Gasteiger charge is 2.65. The van der Waals surface area contributed by atoms with Crippen molar-refractivity contribution in [3.8, 4) is 0 Å². The fourth-order valence-electron chi connectivity index (χ4n) is 3.57. The lowest BCUT2D eigenvalue weighted by Gasteiger charge is -2.57. The number of rotatable bonds is 0. The van der Waals surface area contributed by atoms with Gasteiger partial charge in [-0.15, -0.1) is 0 Å². The van der Waals surface area contributed by atoms with Crippen LogP contribution in [0.3, 0.4) is 0 Å². The third kappa shape index (κ3) is 0.787. The van der Waals surface area contributed by atoms with Gasteiger partial charge in [-0.25, -0.2) is 0 Å². The molecule has 3 fully saturated rings. The van der Waals surface area contributed by atoms with E-state index in [1.807, 2.05) is 0 Å². The molecule has 1 heterocycles. The van der Waals surface area contributed by atoms with Crippen LogP contribution in [0.25, 0.3) is 0 Å². The first kappa shape index (κ1) is 8.45. The van der Waals surface area contributed by atoms with Crippen molar-refractivity contribution in [1.29, 1.82) is 0 Å². The number of carbonyl (C=O) groups excluding carboxylic acids is 2. The SMILES string of the molecule is O=C1CCC[C@]23C(=O)OCC[C@H]2C[C@H]13. The lowest BCUT2D eigenvalue weighted by molar-refractivity contribution is -0.201. The van der Waals surface area contributed by atoms with E-state index in [4.69, 9.17) is 4.74 Å². The summed E-state index contributed by atoms with van der Waals surface area (Å²) >= 11 is 0. The summed E-state index contributed by atoms with van der Waals surface area (Å²) in [4.78, 5) is 23.4. The molecule has 2 aliphatic carbocycles. The standard InChI is InChI=1S/C11H14O3/c12-9-2-1-4-11-7(6-8(9)11)3-5-14-10(11)13/h7-8H,1-6H2/t7-,8+,11-/m0/s1. The summed E-state index contributed by atoms with van der Waals surface area (Å²) in [6, 6.07) is 0. The van der Waals surface area contributed by atoms with Gasteiger partial charge in [-0.2, -0.15) is 0 Å². The number of esters is 1. The Kier molecular flexibility index (Phi) is 1.56. The first-order valence-corrected chi connectivity index (χ1v) is 5.45. The molecule has 14 heavy (non-hydrogen) atoms. The van der Waals surface area contributed by atoms with Crippen LogP contribution in [0.4, 0.5) is 0 Å². The van der Waals surface area contributed by atoms with E-state index in [2.05, 4.69) is 0 Å². The molecule has 0 aromatic heterocycles. The average Bonchev–Trinajstić information content (AvgIpc) is 2.12. The van der Waals surface area contributed by atoms with Crippen molar-refractivity contribution in [2.75, 3.05) is 6.61 Å². The van der Waals surface area contributed by atoms with Crippen molar-refractivity contribution in [2.24, 2.45) is 17.3 Å². The molecule has 1 saturated heterocycles. The first-order valence-electron chi connectivity index (χ1n) is 5.45. The van der Waals surface area contributed by atoms with Gasteiger partial charge in [-0.05, 0) is 31.6 Å². The van der Waals surface area contributed by atoms with Crippen LogP contribution in [-0.2, 0) is 14.3 Å². The van der Waals surface area contributed by atoms with Crippen LogP contribution >= 0.6 is 0 Å². The highest BCUT2D eigenvalue weighted by molar-refractivity contribution is 5.93. The van der Waals surface area contributed by atoms with Gasteiger partial charge in [-0.3, -0.25) is 9.59 Å². The second-order valence-electron chi connectivity index (χ2n) is 4.77.